The summed E-state index contributed by atoms with van der Waals surface area (Å²) in [4.78, 5) is 29.4. The van der Waals surface area contributed by atoms with Gasteiger partial charge in [0, 0.05) is 7.11 Å². The molecule has 0 saturated heterocycles. The van der Waals surface area contributed by atoms with Crippen molar-refractivity contribution in [2.24, 2.45) is 5.73 Å². The molecule has 0 bridgehead atoms. The highest BCUT2D eigenvalue weighted by Gasteiger charge is 2.21. The number of aryl methyl sites for hydroxylation is 1. The van der Waals surface area contributed by atoms with Crippen LogP contribution in [0, 0.1) is 6.92 Å². The summed E-state index contributed by atoms with van der Waals surface area (Å²) in [5, 5.41) is 3.59. The first-order valence-corrected chi connectivity index (χ1v) is 9.57. The Hall–Kier alpha value is -3.17. The van der Waals surface area contributed by atoms with E-state index >= 15 is 0 Å². The summed E-state index contributed by atoms with van der Waals surface area (Å²) >= 11 is 1.40. The molecule has 3 rings (SSSR count). The number of fused-ring (bicyclic) bond motifs is 1. The molecule has 8 nitrogen and oxygen atoms in total. The molecule has 0 aliphatic heterocycles. The highest BCUT2D eigenvalue weighted by Crippen LogP contribution is 2.33. The molecule has 3 N–H and O–H groups in total. The molecule has 1 heterocycles. The van der Waals surface area contributed by atoms with Crippen LogP contribution < -0.4 is 20.5 Å². The van der Waals surface area contributed by atoms with E-state index in [0.29, 0.717) is 40.5 Å². The van der Waals surface area contributed by atoms with Crippen molar-refractivity contribution in [3.8, 4) is 11.5 Å². The van der Waals surface area contributed by atoms with Gasteiger partial charge in [-0.1, -0.05) is 0 Å². The Bertz CT molecular complexity index is 1060. The number of nitrogens with zero attached hydrogens (tertiary/aromatic N) is 1. The van der Waals surface area contributed by atoms with Crippen molar-refractivity contribution in [1.82, 2.24) is 4.98 Å². The molecule has 3 aromatic rings. The monoisotopic (exact) mass is 415 g/mol. The van der Waals surface area contributed by atoms with Gasteiger partial charge in [-0.05, 0) is 37.3 Å². The number of ether oxygens (including phenoxy) is 3. The summed E-state index contributed by atoms with van der Waals surface area (Å²) in [5.74, 6) is -0.242. The molecule has 0 aliphatic carbocycles. The smallest absolute Gasteiger partial charge is 0.260 e. The first-order valence-electron chi connectivity index (χ1n) is 8.75. The van der Waals surface area contributed by atoms with Crippen LogP contribution in [0.3, 0.4) is 0 Å². The Balaban J connectivity index is 1.94. The van der Waals surface area contributed by atoms with Gasteiger partial charge < -0.3 is 25.3 Å². The van der Waals surface area contributed by atoms with E-state index in [9.17, 15) is 9.59 Å². The molecular weight excluding hydrogens is 394 g/mol. The van der Waals surface area contributed by atoms with Crippen molar-refractivity contribution < 1.29 is 23.8 Å². The molecule has 2 amide bonds. The lowest BCUT2D eigenvalue weighted by Gasteiger charge is -2.13. The lowest BCUT2D eigenvalue weighted by atomic mass is 10.1. The first-order chi connectivity index (χ1) is 13.9. The minimum atomic E-state index is -0.684. The fourth-order valence-electron chi connectivity index (χ4n) is 2.82. The zero-order chi connectivity index (χ0) is 21.0. The van der Waals surface area contributed by atoms with Gasteiger partial charge in [-0.3, -0.25) is 9.59 Å². The number of hydrogen-bond donors (Lipinski definition) is 2. The van der Waals surface area contributed by atoms with Crippen molar-refractivity contribution in [3.05, 3.63) is 46.5 Å². The second-order valence-electron chi connectivity index (χ2n) is 6.09. The zero-order valence-electron chi connectivity index (χ0n) is 16.3. The molecule has 1 aromatic heterocycles. The van der Waals surface area contributed by atoms with Crippen LogP contribution in [0.2, 0.25) is 0 Å². The summed E-state index contributed by atoms with van der Waals surface area (Å²) in [7, 11) is 3.06. The Kier molecular flexibility index (Phi) is 6.30. The number of nitrogens with two attached hydrogens (primary N) is 1. The van der Waals surface area contributed by atoms with Crippen molar-refractivity contribution in [2.45, 2.75) is 6.92 Å². The number of nitrogens with one attached hydrogen (secondary N) is 1. The SMILES string of the molecule is COCCOc1ccc(NC(=O)c2c(OC)ccc3nc(C)sc23)c(C(N)=O)c1. The Labute approximate surface area is 171 Å². The van der Waals surface area contributed by atoms with Crippen molar-refractivity contribution >= 4 is 39.1 Å². The van der Waals surface area contributed by atoms with Gasteiger partial charge in [0.25, 0.3) is 11.8 Å². The number of carbonyl (C=O) groups is 2. The number of anilines is 1. The maximum atomic E-state index is 13.1. The second kappa shape index (κ2) is 8.89. The third kappa shape index (κ3) is 4.47. The summed E-state index contributed by atoms with van der Waals surface area (Å²) in [6.45, 7) is 2.60. The van der Waals surface area contributed by atoms with E-state index in [2.05, 4.69) is 10.3 Å². The number of carbonyl (C=O) groups excluding carboxylic acids is 2. The van der Waals surface area contributed by atoms with Gasteiger partial charge >= 0.3 is 0 Å². The number of rotatable bonds is 8. The van der Waals surface area contributed by atoms with Gasteiger partial charge in [0.15, 0.2) is 0 Å². The first kappa shape index (κ1) is 20.6. The molecule has 0 atom stereocenters. The third-order valence-electron chi connectivity index (χ3n) is 4.13. The Morgan fingerprint density at radius 3 is 2.66 bits per heavy atom. The van der Waals surface area contributed by atoms with Gasteiger partial charge in [-0.25, -0.2) is 4.98 Å². The lowest BCUT2D eigenvalue weighted by molar-refractivity contribution is 0.100. The van der Waals surface area contributed by atoms with E-state index in [4.69, 9.17) is 19.9 Å². The molecule has 0 radical (unpaired) electrons. The van der Waals surface area contributed by atoms with E-state index < -0.39 is 11.8 Å². The number of amides is 2. The van der Waals surface area contributed by atoms with Gasteiger partial charge in [0.2, 0.25) is 0 Å². The molecule has 29 heavy (non-hydrogen) atoms. The maximum Gasteiger partial charge on any atom is 0.260 e. The van der Waals surface area contributed by atoms with Crippen molar-refractivity contribution in [3.63, 3.8) is 0 Å². The Morgan fingerprint density at radius 1 is 1.17 bits per heavy atom. The number of methoxy groups -OCH3 is 2. The quantitative estimate of drug-likeness (QED) is 0.547. The van der Waals surface area contributed by atoms with E-state index in [0.717, 1.165) is 5.01 Å². The molecule has 152 valence electrons. The fraction of sp³-hybridized carbons (Fsp3) is 0.250. The normalized spacial score (nSPS) is 10.7. The maximum absolute atomic E-state index is 13.1. The van der Waals surface area contributed by atoms with Crippen LogP contribution in [0.4, 0.5) is 5.69 Å². The Morgan fingerprint density at radius 2 is 1.97 bits per heavy atom. The van der Waals surface area contributed by atoms with E-state index in [1.54, 1.807) is 31.4 Å². The topological polar surface area (TPSA) is 113 Å². The van der Waals surface area contributed by atoms with Crippen LogP contribution in [-0.4, -0.2) is 44.2 Å². The van der Waals surface area contributed by atoms with Gasteiger partial charge in [0.1, 0.15) is 23.7 Å². The molecular formula is C20H21N3O5S. The molecule has 9 heteroatoms. The summed E-state index contributed by atoms with van der Waals surface area (Å²) in [6, 6.07) is 8.20. The standard InChI is InChI=1S/C20H21N3O5S/c1-11-22-15-6-7-16(27-3)17(18(15)29-11)20(25)23-14-5-4-12(28-9-8-26-2)10-13(14)19(21)24/h4-7,10H,8-9H2,1-3H3,(H2,21,24)(H,23,25). The second-order valence-corrected chi connectivity index (χ2v) is 7.29. The van der Waals surface area contributed by atoms with Crippen LogP contribution in [0.15, 0.2) is 30.3 Å². The molecule has 0 spiro atoms. The number of aromatic nitrogens is 1. The summed E-state index contributed by atoms with van der Waals surface area (Å²) < 4.78 is 16.5. The number of benzene rings is 2. The van der Waals surface area contributed by atoms with Crippen LogP contribution in [0.25, 0.3) is 10.2 Å². The third-order valence-corrected chi connectivity index (χ3v) is 5.14. The van der Waals surface area contributed by atoms with Gasteiger partial charge in [0.05, 0.1) is 40.2 Å². The van der Waals surface area contributed by atoms with Crippen molar-refractivity contribution in [2.75, 3.05) is 32.8 Å². The minimum Gasteiger partial charge on any atom is -0.496 e. The molecule has 2 aromatic carbocycles. The summed E-state index contributed by atoms with van der Waals surface area (Å²) in [6.07, 6.45) is 0. The molecule has 0 aliphatic rings. The average Bonchev–Trinajstić information content (AvgIpc) is 3.08. The number of hydrogen-bond acceptors (Lipinski definition) is 7. The van der Waals surface area contributed by atoms with Crippen LogP contribution >= 0.6 is 11.3 Å². The van der Waals surface area contributed by atoms with E-state index in [-0.39, 0.29) is 11.3 Å². The highest BCUT2D eigenvalue weighted by molar-refractivity contribution is 7.19. The minimum absolute atomic E-state index is 0.139. The number of thiazole rings is 1. The van der Waals surface area contributed by atoms with Crippen LogP contribution in [0.1, 0.15) is 25.7 Å². The highest BCUT2D eigenvalue weighted by atomic mass is 32.1. The molecule has 0 unspecified atom stereocenters. The molecule has 0 fully saturated rings. The fourth-order valence-corrected chi connectivity index (χ4v) is 3.78. The molecule has 0 saturated carbocycles. The van der Waals surface area contributed by atoms with Crippen LogP contribution in [-0.2, 0) is 4.74 Å². The van der Waals surface area contributed by atoms with Gasteiger partial charge in [-0.15, -0.1) is 11.3 Å². The largest absolute Gasteiger partial charge is 0.496 e. The van der Waals surface area contributed by atoms with Crippen LogP contribution in [0.5, 0.6) is 11.5 Å². The summed E-state index contributed by atoms with van der Waals surface area (Å²) in [5.41, 5.74) is 6.98. The zero-order valence-corrected chi connectivity index (χ0v) is 17.1. The van der Waals surface area contributed by atoms with E-state index in [1.807, 2.05) is 6.92 Å². The lowest BCUT2D eigenvalue weighted by Crippen LogP contribution is -2.19. The number of primary amides is 1. The van der Waals surface area contributed by atoms with Crippen molar-refractivity contribution in [1.29, 1.82) is 0 Å². The van der Waals surface area contributed by atoms with E-state index in [1.165, 1.54) is 24.5 Å². The predicted molar refractivity (Wildman–Crippen MR) is 111 cm³/mol. The predicted octanol–water partition coefficient (Wildman–Crippen LogP) is 2.99. The van der Waals surface area contributed by atoms with Gasteiger partial charge in [-0.2, -0.15) is 0 Å². The average molecular weight is 415 g/mol.